The van der Waals surface area contributed by atoms with Crippen LogP contribution in [0.5, 0.6) is 0 Å². The minimum atomic E-state index is 1.22. The third kappa shape index (κ3) is 1.35. The quantitative estimate of drug-likeness (QED) is 0.645. The highest BCUT2D eigenvalue weighted by Gasteiger charge is 2.04. The summed E-state index contributed by atoms with van der Waals surface area (Å²) in [5.41, 5.74) is 3.79. The minimum Gasteiger partial charge on any atom is -0.350 e. The first-order chi connectivity index (χ1) is 6.29. The molecule has 2 nitrogen and oxygen atoms in total. The summed E-state index contributed by atoms with van der Waals surface area (Å²) in [6.07, 6.45) is 5.72. The van der Waals surface area contributed by atoms with E-state index >= 15 is 0 Å². The zero-order chi connectivity index (χ0) is 9.26. The van der Waals surface area contributed by atoms with E-state index in [0.717, 1.165) is 0 Å². The van der Waals surface area contributed by atoms with Crippen molar-refractivity contribution in [3.05, 3.63) is 42.4 Å². The molecule has 0 atom stereocenters. The van der Waals surface area contributed by atoms with Gasteiger partial charge in [0, 0.05) is 31.2 Å². The van der Waals surface area contributed by atoms with E-state index in [1.165, 1.54) is 16.8 Å². The van der Waals surface area contributed by atoms with E-state index in [9.17, 15) is 0 Å². The molecule has 0 saturated heterocycles. The lowest BCUT2D eigenvalue weighted by Gasteiger charge is -2.04. The van der Waals surface area contributed by atoms with Gasteiger partial charge in [0.2, 0.25) is 0 Å². The van der Waals surface area contributed by atoms with Crippen LogP contribution in [0.2, 0.25) is 0 Å². The van der Waals surface area contributed by atoms with Crippen LogP contribution in [0.3, 0.4) is 0 Å². The molecule has 0 spiro atoms. The first kappa shape index (κ1) is 8.05. The Morgan fingerprint density at radius 1 is 1.15 bits per heavy atom. The van der Waals surface area contributed by atoms with Gasteiger partial charge in [-0.05, 0) is 30.7 Å². The van der Waals surface area contributed by atoms with E-state index in [0.29, 0.717) is 0 Å². The lowest BCUT2D eigenvalue weighted by atomic mass is 10.1. The fourth-order valence-electron chi connectivity index (χ4n) is 1.60. The third-order valence-electron chi connectivity index (χ3n) is 2.23. The Balaban J connectivity index is 2.59. The van der Waals surface area contributed by atoms with Gasteiger partial charge >= 0.3 is 0 Å². The van der Waals surface area contributed by atoms with Crippen LogP contribution in [0.4, 0.5) is 0 Å². The van der Waals surface area contributed by atoms with Gasteiger partial charge in [0.1, 0.15) is 0 Å². The van der Waals surface area contributed by atoms with Crippen molar-refractivity contribution in [2.24, 2.45) is 7.05 Å². The number of nitrogens with zero attached hydrogens (tertiary/aromatic N) is 2. The zero-order valence-electron chi connectivity index (χ0n) is 7.86. The average Bonchev–Trinajstić information content (AvgIpc) is 2.48. The summed E-state index contributed by atoms with van der Waals surface area (Å²) in [6.45, 7) is 2.12. The maximum absolute atomic E-state index is 4.01. The molecule has 0 unspecified atom stereocenters. The molecule has 2 aromatic heterocycles. The number of pyridine rings is 1. The Morgan fingerprint density at radius 3 is 2.38 bits per heavy atom. The molecule has 0 saturated carbocycles. The largest absolute Gasteiger partial charge is 0.350 e. The lowest BCUT2D eigenvalue weighted by Crippen LogP contribution is -1.90. The van der Waals surface area contributed by atoms with Crippen molar-refractivity contribution in [3.63, 3.8) is 0 Å². The Morgan fingerprint density at radius 2 is 1.85 bits per heavy atom. The highest BCUT2D eigenvalue weighted by molar-refractivity contribution is 5.63. The van der Waals surface area contributed by atoms with Gasteiger partial charge in [0.25, 0.3) is 0 Å². The second-order valence-corrected chi connectivity index (χ2v) is 3.19. The minimum absolute atomic E-state index is 1.22. The van der Waals surface area contributed by atoms with Crippen LogP contribution in [0.15, 0.2) is 36.8 Å². The van der Waals surface area contributed by atoms with Crippen molar-refractivity contribution in [2.75, 3.05) is 0 Å². The number of aromatic nitrogens is 2. The van der Waals surface area contributed by atoms with E-state index < -0.39 is 0 Å². The normalized spacial score (nSPS) is 10.3. The van der Waals surface area contributed by atoms with E-state index in [-0.39, 0.29) is 0 Å². The van der Waals surface area contributed by atoms with Crippen LogP contribution >= 0.6 is 0 Å². The summed E-state index contributed by atoms with van der Waals surface area (Å²) in [6, 6.07) is 6.18. The molecule has 0 aromatic carbocycles. The van der Waals surface area contributed by atoms with E-state index in [1.54, 1.807) is 0 Å². The van der Waals surface area contributed by atoms with Crippen LogP contribution in [-0.4, -0.2) is 9.55 Å². The smallest absolute Gasteiger partial charge is 0.0508 e. The highest BCUT2D eigenvalue weighted by atomic mass is 14.9. The number of rotatable bonds is 1. The van der Waals surface area contributed by atoms with Crippen LogP contribution in [0.1, 0.15) is 5.56 Å². The van der Waals surface area contributed by atoms with Crippen LogP contribution in [0, 0.1) is 6.92 Å². The molecule has 0 N–H and O–H groups in total. The molecule has 2 rings (SSSR count). The lowest BCUT2D eigenvalue weighted by molar-refractivity contribution is 0.934. The van der Waals surface area contributed by atoms with Crippen LogP contribution < -0.4 is 0 Å². The molecule has 13 heavy (non-hydrogen) atoms. The topological polar surface area (TPSA) is 17.8 Å². The van der Waals surface area contributed by atoms with Gasteiger partial charge in [-0.3, -0.25) is 4.98 Å². The van der Waals surface area contributed by atoms with Gasteiger partial charge in [0.05, 0.1) is 5.69 Å². The monoisotopic (exact) mass is 172 g/mol. The highest BCUT2D eigenvalue weighted by Crippen LogP contribution is 2.22. The molecule has 0 amide bonds. The van der Waals surface area contributed by atoms with E-state index in [2.05, 4.69) is 35.8 Å². The number of hydrogen-bond acceptors (Lipinski definition) is 1. The second kappa shape index (κ2) is 3.05. The molecular formula is C11H12N2. The molecule has 2 heteroatoms. The SMILES string of the molecule is Cc1ccn(C)c1-c1ccncc1. The Hall–Kier alpha value is -1.57. The number of aryl methyl sites for hydroxylation is 2. The first-order valence-corrected chi connectivity index (χ1v) is 4.31. The van der Waals surface area contributed by atoms with Crippen molar-refractivity contribution in [2.45, 2.75) is 6.92 Å². The molecule has 2 heterocycles. The summed E-state index contributed by atoms with van der Waals surface area (Å²) in [5.74, 6) is 0. The van der Waals surface area contributed by atoms with Crippen molar-refractivity contribution in [1.82, 2.24) is 9.55 Å². The molecule has 0 radical (unpaired) electrons. The summed E-state index contributed by atoms with van der Waals surface area (Å²) >= 11 is 0. The third-order valence-corrected chi connectivity index (χ3v) is 2.23. The molecule has 66 valence electrons. The Labute approximate surface area is 77.9 Å². The molecular weight excluding hydrogens is 160 g/mol. The molecule has 0 aliphatic rings. The summed E-state index contributed by atoms with van der Waals surface area (Å²) in [7, 11) is 2.06. The maximum Gasteiger partial charge on any atom is 0.0508 e. The summed E-state index contributed by atoms with van der Waals surface area (Å²) in [4.78, 5) is 4.01. The molecule has 2 aromatic rings. The molecule has 0 aliphatic heterocycles. The van der Waals surface area contributed by atoms with E-state index in [1.807, 2.05) is 24.5 Å². The average molecular weight is 172 g/mol. The predicted octanol–water partition coefficient (Wildman–Crippen LogP) is 2.40. The standard InChI is InChI=1S/C11H12N2/c1-9-5-8-13(2)11(9)10-3-6-12-7-4-10/h3-8H,1-2H3. The predicted molar refractivity (Wildman–Crippen MR) is 53.4 cm³/mol. The fraction of sp³-hybridized carbons (Fsp3) is 0.182. The van der Waals surface area contributed by atoms with E-state index in [4.69, 9.17) is 0 Å². The first-order valence-electron chi connectivity index (χ1n) is 4.31. The summed E-state index contributed by atoms with van der Waals surface area (Å²) in [5, 5.41) is 0. The van der Waals surface area contributed by atoms with Gasteiger partial charge in [-0.1, -0.05) is 0 Å². The Bertz CT molecular complexity index is 382. The van der Waals surface area contributed by atoms with Crippen molar-refractivity contribution < 1.29 is 0 Å². The van der Waals surface area contributed by atoms with Gasteiger partial charge in [-0.25, -0.2) is 0 Å². The van der Waals surface area contributed by atoms with Crippen molar-refractivity contribution >= 4 is 0 Å². The molecule has 0 bridgehead atoms. The maximum atomic E-state index is 4.01. The van der Waals surface area contributed by atoms with Crippen molar-refractivity contribution in [1.29, 1.82) is 0 Å². The van der Waals surface area contributed by atoms with Crippen LogP contribution in [0.25, 0.3) is 11.3 Å². The fourth-order valence-corrected chi connectivity index (χ4v) is 1.60. The second-order valence-electron chi connectivity index (χ2n) is 3.19. The van der Waals surface area contributed by atoms with Gasteiger partial charge in [0.15, 0.2) is 0 Å². The van der Waals surface area contributed by atoms with Gasteiger partial charge < -0.3 is 4.57 Å². The van der Waals surface area contributed by atoms with Gasteiger partial charge in [-0.15, -0.1) is 0 Å². The molecule has 0 aliphatic carbocycles. The molecule has 0 fully saturated rings. The summed E-state index contributed by atoms with van der Waals surface area (Å²) < 4.78 is 2.13. The van der Waals surface area contributed by atoms with Crippen LogP contribution in [-0.2, 0) is 7.05 Å². The van der Waals surface area contributed by atoms with Gasteiger partial charge in [-0.2, -0.15) is 0 Å². The number of hydrogen-bond donors (Lipinski definition) is 0. The Kier molecular flexibility index (Phi) is 1.89. The zero-order valence-corrected chi connectivity index (χ0v) is 7.86. The van der Waals surface area contributed by atoms with Crippen molar-refractivity contribution in [3.8, 4) is 11.3 Å².